The van der Waals surface area contributed by atoms with Gasteiger partial charge in [0.15, 0.2) is 23.8 Å². The van der Waals surface area contributed by atoms with Crippen LogP contribution in [0.1, 0.15) is 84.2 Å². The molecule has 0 atom stereocenters. The summed E-state index contributed by atoms with van der Waals surface area (Å²) >= 11 is 0. The third kappa shape index (κ3) is 11.3. The SMILES string of the molecule is NC(=NCCCCCCN=C(N)NC(N)=NCCNc1cc2c(cc1F)c(=O)c(C(=O)O)cn2C1CC1)NC(N)=NCCNc1cc2c(cc1F)c(=O)c(C(=O)O)cn2C1CC1. The summed E-state index contributed by atoms with van der Waals surface area (Å²) in [4.78, 5) is 65.3. The fourth-order valence-corrected chi connectivity index (χ4v) is 6.76. The highest BCUT2D eigenvalue weighted by atomic mass is 19.1. The van der Waals surface area contributed by atoms with Gasteiger partial charge in [0.2, 0.25) is 10.9 Å². The summed E-state index contributed by atoms with van der Waals surface area (Å²) in [6.07, 6.45) is 9.22. The van der Waals surface area contributed by atoms with E-state index in [4.69, 9.17) is 22.9 Å². The first-order chi connectivity index (χ1) is 29.7. The highest BCUT2D eigenvalue weighted by molar-refractivity contribution is 5.98. The topological polar surface area (TPSA) is 320 Å². The second-order valence-corrected chi connectivity index (χ2v) is 14.9. The first-order valence-electron chi connectivity index (χ1n) is 20.2. The summed E-state index contributed by atoms with van der Waals surface area (Å²) in [7, 11) is 0. The summed E-state index contributed by atoms with van der Waals surface area (Å²) in [6.45, 7) is 1.65. The van der Waals surface area contributed by atoms with Gasteiger partial charge < -0.3 is 52.9 Å². The maximum Gasteiger partial charge on any atom is 0.341 e. The number of carboxylic acid groups (broad SMARTS) is 2. The number of nitrogens with zero attached hydrogens (tertiary/aromatic N) is 6. The Balaban J connectivity index is 0.849. The maximum atomic E-state index is 14.9. The number of guanidine groups is 4. The van der Waals surface area contributed by atoms with Gasteiger partial charge in [-0.3, -0.25) is 40.2 Å². The van der Waals surface area contributed by atoms with Crippen LogP contribution in [0.3, 0.4) is 0 Å². The first kappa shape index (κ1) is 44.3. The van der Waals surface area contributed by atoms with Crippen LogP contribution in [-0.4, -0.2) is 94.4 Å². The predicted molar refractivity (Wildman–Crippen MR) is 234 cm³/mol. The van der Waals surface area contributed by atoms with Crippen LogP contribution in [0.15, 0.2) is 66.2 Å². The molecule has 2 fully saturated rings. The van der Waals surface area contributed by atoms with Crippen LogP contribution in [0.5, 0.6) is 0 Å². The summed E-state index contributed by atoms with van der Waals surface area (Å²) < 4.78 is 33.2. The van der Waals surface area contributed by atoms with E-state index in [1.54, 1.807) is 9.13 Å². The molecule has 2 aliphatic rings. The second-order valence-electron chi connectivity index (χ2n) is 14.9. The average molecular weight is 861 g/mol. The molecule has 2 aromatic heterocycles. The van der Waals surface area contributed by atoms with Gasteiger partial charge in [0.05, 0.1) is 35.5 Å². The van der Waals surface area contributed by atoms with Crippen molar-refractivity contribution in [1.29, 1.82) is 0 Å². The zero-order valence-electron chi connectivity index (χ0n) is 33.8. The van der Waals surface area contributed by atoms with Crippen molar-refractivity contribution < 1.29 is 28.6 Å². The Labute approximate surface area is 352 Å². The second kappa shape index (κ2) is 19.9. The number of nitrogens with one attached hydrogen (secondary N) is 4. The number of aromatic nitrogens is 2. The zero-order chi connectivity index (χ0) is 44.5. The smallest absolute Gasteiger partial charge is 0.341 e. The molecule has 6 rings (SSSR count). The minimum Gasteiger partial charge on any atom is -0.477 e. The Bertz CT molecular complexity index is 2420. The number of hydrogen-bond acceptors (Lipinski definition) is 10. The molecule has 14 N–H and O–H groups in total. The lowest BCUT2D eigenvalue weighted by molar-refractivity contribution is 0.0684. The summed E-state index contributed by atoms with van der Waals surface area (Å²) in [6, 6.07) is 5.23. The molecule has 2 saturated carbocycles. The number of pyridine rings is 2. The van der Waals surface area contributed by atoms with Gasteiger partial charge in [-0.05, 0) is 62.8 Å². The van der Waals surface area contributed by atoms with Crippen LogP contribution in [0.25, 0.3) is 21.8 Å². The monoisotopic (exact) mass is 860 g/mol. The lowest BCUT2D eigenvalue weighted by Crippen LogP contribution is -2.42. The largest absolute Gasteiger partial charge is 0.477 e. The van der Waals surface area contributed by atoms with Crippen LogP contribution < -0.4 is 55.1 Å². The lowest BCUT2D eigenvalue weighted by Gasteiger charge is -2.14. The number of anilines is 2. The van der Waals surface area contributed by atoms with E-state index in [-0.39, 0.29) is 84.2 Å². The molecule has 0 amide bonds. The molecule has 0 unspecified atom stereocenters. The number of nitrogens with two attached hydrogens (primary N) is 4. The third-order valence-corrected chi connectivity index (χ3v) is 10.1. The molecule has 2 aromatic carbocycles. The quantitative estimate of drug-likeness (QED) is 0.0367. The Hall–Kier alpha value is -7.26. The van der Waals surface area contributed by atoms with E-state index in [0.717, 1.165) is 63.5 Å². The van der Waals surface area contributed by atoms with Gasteiger partial charge in [0.25, 0.3) is 0 Å². The fourth-order valence-electron chi connectivity index (χ4n) is 6.76. The molecule has 0 spiro atoms. The first-order valence-corrected chi connectivity index (χ1v) is 20.2. The van der Waals surface area contributed by atoms with Gasteiger partial charge >= 0.3 is 11.9 Å². The lowest BCUT2D eigenvalue weighted by atomic mass is 10.1. The molecule has 330 valence electrons. The van der Waals surface area contributed by atoms with E-state index < -0.39 is 45.6 Å². The van der Waals surface area contributed by atoms with E-state index in [0.29, 0.717) is 24.1 Å². The molecular weight excluding hydrogens is 811 g/mol. The van der Waals surface area contributed by atoms with Crippen molar-refractivity contribution in [3.63, 3.8) is 0 Å². The van der Waals surface area contributed by atoms with E-state index in [9.17, 15) is 38.2 Å². The van der Waals surface area contributed by atoms with Gasteiger partial charge in [-0.15, -0.1) is 0 Å². The molecular formula is C40H50F2N14O6. The third-order valence-electron chi connectivity index (χ3n) is 10.1. The Morgan fingerprint density at radius 1 is 0.597 bits per heavy atom. The number of fused-ring (bicyclic) bond motifs is 2. The number of rotatable bonds is 19. The molecule has 2 aliphatic carbocycles. The van der Waals surface area contributed by atoms with Crippen molar-refractivity contribution in [3.8, 4) is 0 Å². The number of aromatic carboxylic acids is 2. The minimum atomic E-state index is -1.36. The number of unbranched alkanes of at least 4 members (excludes halogenated alkanes) is 3. The number of carboxylic acids is 2. The zero-order valence-corrected chi connectivity index (χ0v) is 33.8. The van der Waals surface area contributed by atoms with Crippen molar-refractivity contribution in [2.45, 2.75) is 63.5 Å². The maximum absolute atomic E-state index is 14.9. The predicted octanol–water partition coefficient (Wildman–Crippen LogP) is 2.18. The molecule has 0 saturated heterocycles. The van der Waals surface area contributed by atoms with E-state index in [1.165, 1.54) is 24.5 Å². The van der Waals surface area contributed by atoms with Crippen LogP contribution >= 0.6 is 0 Å². The van der Waals surface area contributed by atoms with Crippen LogP contribution in [-0.2, 0) is 0 Å². The van der Waals surface area contributed by atoms with E-state index >= 15 is 0 Å². The van der Waals surface area contributed by atoms with Crippen molar-refractivity contribution in [3.05, 3.63) is 79.9 Å². The molecule has 62 heavy (non-hydrogen) atoms. The molecule has 0 bridgehead atoms. The van der Waals surface area contributed by atoms with E-state index in [2.05, 4.69) is 41.2 Å². The Morgan fingerprint density at radius 2 is 0.952 bits per heavy atom. The van der Waals surface area contributed by atoms with Crippen LogP contribution in [0.2, 0.25) is 0 Å². The van der Waals surface area contributed by atoms with Gasteiger partial charge in [-0.2, -0.15) is 0 Å². The normalized spacial score (nSPS) is 14.9. The number of carbonyl (C=O) groups is 2. The van der Waals surface area contributed by atoms with Crippen molar-refractivity contribution in [2.24, 2.45) is 42.9 Å². The number of benzene rings is 2. The standard InChI is InChI=1S/C40H50F2N14O6/c41-27-15-23-31(55(21-5-6-21)19-25(33(23)57)35(59)60)17-29(27)47-11-13-51-39(45)53-37(43)49-9-3-1-2-4-10-50-38(44)54-40(46)52-14-12-48-30-18-32-24(16-28(30)42)34(58)26(36(61)62)20-56(32)22-7-8-22/h15-22,47-48H,1-14H2,(H,59,60)(H,61,62)(H5,43,45,49,51,53)(H5,44,46,50,52,54). The number of halogens is 2. The Morgan fingerprint density at radius 3 is 1.29 bits per heavy atom. The molecule has 20 nitrogen and oxygen atoms in total. The number of hydrogen-bond donors (Lipinski definition) is 10. The highest BCUT2D eigenvalue weighted by Gasteiger charge is 2.29. The Kier molecular flexibility index (Phi) is 14.2. The van der Waals surface area contributed by atoms with E-state index in [1.807, 2.05) is 0 Å². The van der Waals surface area contributed by atoms with Gasteiger partial charge in [0.1, 0.15) is 22.8 Å². The van der Waals surface area contributed by atoms with Gasteiger partial charge in [0, 0.05) is 61.4 Å². The summed E-state index contributed by atoms with van der Waals surface area (Å²) in [5, 5.41) is 30.2. The van der Waals surface area contributed by atoms with Crippen LogP contribution in [0, 0.1) is 11.6 Å². The summed E-state index contributed by atoms with van der Waals surface area (Å²) in [5.74, 6) is -3.86. The highest BCUT2D eigenvalue weighted by Crippen LogP contribution is 2.39. The van der Waals surface area contributed by atoms with Crippen molar-refractivity contribution in [2.75, 3.05) is 49.9 Å². The van der Waals surface area contributed by atoms with Crippen molar-refractivity contribution in [1.82, 2.24) is 19.8 Å². The van der Waals surface area contributed by atoms with Crippen molar-refractivity contribution >= 4 is 69.0 Å². The van der Waals surface area contributed by atoms with Crippen LogP contribution in [0.4, 0.5) is 20.2 Å². The molecule has 22 heteroatoms. The summed E-state index contributed by atoms with van der Waals surface area (Å²) in [5.41, 5.74) is 22.6. The number of aliphatic imine (C=N–C) groups is 4. The molecule has 2 heterocycles. The fraction of sp³-hybridized carbons (Fsp3) is 0.400. The van der Waals surface area contributed by atoms with Gasteiger partial charge in [-0.1, -0.05) is 12.8 Å². The van der Waals surface area contributed by atoms with Gasteiger partial charge in [-0.25, -0.2) is 18.4 Å². The molecule has 0 aliphatic heterocycles. The molecule has 4 aromatic rings. The minimum absolute atomic E-state index is 0.00810. The average Bonchev–Trinajstić information content (AvgIpc) is 4.16. The molecule has 0 radical (unpaired) electrons.